The molecule has 1 rings (SSSR count). The van der Waals surface area contributed by atoms with Gasteiger partial charge in [-0.3, -0.25) is 4.79 Å². The van der Waals surface area contributed by atoms with Crippen molar-refractivity contribution >= 4 is 5.91 Å². The van der Waals surface area contributed by atoms with E-state index in [9.17, 15) is 4.79 Å². The molecule has 88 valence electrons. The van der Waals surface area contributed by atoms with Crippen LogP contribution in [-0.2, 0) is 4.79 Å². The van der Waals surface area contributed by atoms with E-state index < -0.39 is 6.04 Å². The number of rotatable bonds is 5. The summed E-state index contributed by atoms with van der Waals surface area (Å²) in [6.45, 7) is 4.57. The van der Waals surface area contributed by atoms with E-state index in [-0.39, 0.29) is 5.91 Å². The molecule has 0 radical (unpaired) electrons. The summed E-state index contributed by atoms with van der Waals surface area (Å²) in [6.07, 6.45) is 0. The highest BCUT2D eigenvalue weighted by molar-refractivity contribution is 5.80. The topological polar surface area (TPSA) is 64.3 Å². The van der Waals surface area contributed by atoms with Crippen LogP contribution in [0.25, 0.3) is 0 Å². The van der Waals surface area contributed by atoms with E-state index in [1.54, 1.807) is 6.92 Å². The number of nitrogens with one attached hydrogen (secondary N) is 1. The maximum absolute atomic E-state index is 11.1. The van der Waals surface area contributed by atoms with Crippen LogP contribution in [0.4, 0.5) is 0 Å². The zero-order valence-corrected chi connectivity index (χ0v) is 9.69. The highest BCUT2D eigenvalue weighted by Crippen LogP contribution is 2.11. The molecule has 1 atom stereocenters. The van der Waals surface area contributed by atoms with Crippen LogP contribution < -0.4 is 15.8 Å². The Bertz CT molecular complexity index is 351. The van der Waals surface area contributed by atoms with Crippen LogP contribution in [0.1, 0.15) is 12.5 Å². The molecule has 4 nitrogen and oxygen atoms in total. The van der Waals surface area contributed by atoms with Crippen molar-refractivity contribution in [2.75, 3.05) is 13.2 Å². The van der Waals surface area contributed by atoms with E-state index in [0.717, 1.165) is 11.3 Å². The first-order valence-electron chi connectivity index (χ1n) is 5.32. The van der Waals surface area contributed by atoms with Crippen LogP contribution in [0.15, 0.2) is 24.3 Å². The van der Waals surface area contributed by atoms with Gasteiger partial charge in [0, 0.05) is 0 Å². The number of aryl methyl sites for hydroxylation is 1. The molecule has 0 unspecified atom stereocenters. The fraction of sp³-hybridized carbons (Fsp3) is 0.417. The molecule has 0 aliphatic carbocycles. The third-order valence-corrected chi connectivity index (χ3v) is 2.07. The molecule has 0 saturated heterocycles. The molecule has 0 heterocycles. The zero-order chi connectivity index (χ0) is 12.0. The highest BCUT2D eigenvalue weighted by atomic mass is 16.5. The Hall–Kier alpha value is -1.55. The maximum Gasteiger partial charge on any atom is 0.236 e. The van der Waals surface area contributed by atoms with Gasteiger partial charge < -0.3 is 15.8 Å². The van der Waals surface area contributed by atoms with Gasteiger partial charge in [0.05, 0.1) is 12.6 Å². The molecule has 0 saturated carbocycles. The van der Waals surface area contributed by atoms with Crippen LogP contribution >= 0.6 is 0 Å². The van der Waals surface area contributed by atoms with Gasteiger partial charge in [0.25, 0.3) is 0 Å². The van der Waals surface area contributed by atoms with Crippen molar-refractivity contribution in [1.29, 1.82) is 0 Å². The minimum atomic E-state index is -0.473. The molecule has 0 fully saturated rings. The smallest absolute Gasteiger partial charge is 0.236 e. The van der Waals surface area contributed by atoms with Crippen molar-refractivity contribution < 1.29 is 9.53 Å². The van der Waals surface area contributed by atoms with Gasteiger partial charge in [-0.15, -0.1) is 0 Å². The average Bonchev–Trinajstić information content (AvgIpc) is 2.24. The van der Waals surface area contributed by atoms with Gasteiger partial charge in [0.15, 0.2) is 0 Å². The van der Waals surface area contributed by atoms with Crippen molar-refractivity contribution in [2.45, 2.75) is 19.9 Å². The molecule has 0 spiro atoms. The number of nitrogens with two attached hydrogens (primary N) is 1. The maximum atomic E-state index is 11.1. The lowest BCUT2D eigenvalue weighted by Crippen LogP contribution is -2.40. The molecule has 1 aromatic carbocycles. The minimum absolute atomic E-state index is 0.159. The predicted octanol–water partition coefficient (Wildman–Crippen LogP) is 0.837. The van der Waals surface area contributed by atoms with Gasteiger partial charge in [-0.2, -0.15) is 0 Å². The number of amides is 1. The molecule has 1 amide bonds. The minimum Gasteiger partial charge on any atom is -0.492 e. The lowest BCUT2D eigenvalue weighted by atomic mass is 10.2. The van der Waals surface area contributed by atoms with Crippen molar-refractivity contribution in [2.24, 2.45) is 5.73 Å². The van der Waals surface area contributed by atoms with Gasteiger partial charge in [-0.25, -0.2) is 0 Å². The molecule has 0 aromatic heterocycles. The summed E-state index contributed by atoms with van der Waals surface area (Å²) in [5.74, 6) is 0.655. The van der Waals surface area contributed by atoms with E-state index >= 15 is 0 Å². The van der Waals surface area contributed by atoms with Crippen LogP contribution in [0.5, 0.6) is 5.75 Å². The summed E-state index contributed by atoms with van der Waals surface area (Å²) in [5, 5.41) is 2.68. The molecule has 3 N–H and O–H groups in total. The lowest BCUT2D eigenvalue weighted by Gasteiger charge is -2.09. The lowest BCUT2D eigenvalue weighted by molar-refractivity contribution is -0.122. The third-order valence-electron chi connectivity index (χ3n) is 2.07. The second-order valence-electron chi connectivity index (χ2n) is 3.74. The zero-order valence-electron chi connectivity index (χ0n) is 9.69. The van der Waals surface area contributed by atoms with Crippen molar-refractivity contribution in [3.8, 4) is 5.75 Å². The summed E-state index contributed by atoms with van der Waals surface area (Å²) in [4.78, 5) is 11.1. The Labute approximate surface area is 95.8 Å². The molecular formula is C12H18N2O2. The summed E-state index contributed by atoms with van der Waals surface area (Å²) in [6, 6.07) is 7.31. The van der Waals surface area contributed by atoms with E-state index in [1.165, 1.54) is 0 Å². The summed E-state index contributed by atoms with van der Waals surface area (Å²) in [7, 11) is 0. The summed E-state index contributed by atoms with van der Waals surface area (Å²) in [5.41, 5.74) is 6.55. The van der Waals surface area contributed by atoms with Gasteiger partial charge >= 0.3 is 0 Å². The van der Waals surface area contributed by atoms with Crippen molar-refractivity contribution in [3.63, 3.8) is 0 Å². The first-order valence-corrected chi connectivity index (χ1v) is 5.32. The van der Waals surface area contributed by atoms with Gasteiger partial charge in [0.2, 0.25) is 5.91 Å². The Kier molecular flexibility index (Phi) is 4.79. The number of benzene rings is 1. The molecular weight excluding hydrogens is 204 g/mol. The second-order valence-corrected chi connectivity index (χ2v) is 3.74. The molecule has 4 heteroatoms. The fourth-order valence-corrected chi connectivity index (χ4v) is 1.21. The molecule has 0 bridgehead atoms. The predicted molar refractivity (Wildman–Crippen MR) is 63.3 cm³/mol. The van der Waals surface area contributed by atoms with Crippen LogP contribution in [-0.4, -0.2) is 25.1 Å². The van der Waals surface area contributed by atoms with E-state index in [1.807, 2.05) is 31.2 Å². The third kappa shape index (κ3) is 4.31. The highest BCUT2D eigenvalue weighted by Gasteiger charge is 2.05. The Morgan fingerprint density at radius 1 is 1.56 bits per heavy atom. The molecule has 16 heavy (non-hydrogen) atoms. The van der Waals surface area contributed by atoms with Gasteiger partial charge in [-0.1, -0.05) is 12.1 Å². The number of carbonyl (C=O) groups excluding carboxylic acids is 1. The Morgan fingerprint density at radius 3 is 2.94 bits per heavy atom. The first kappa shape index (κ1) is 12.5. The number of carbonyl (C=O) groups is 1. The normalized spacial score (nSPS) is 11.9. The van der Waals surface area contributed by atoms with Crippen molar-refractivity contribution in [1.82, 2.24) is 5.32 Å². The largest absolute Gasteiger partial charge is 0.492 e. The molecule has 0 aliphatic heterocycles. The summed E-state index contributed by atoms with van der Waals surface area (Å²) >= 11 is 0. The van der Waals surface area contributed by atoms with E-state index in [2.05, 4.69) is 5.32 Å². The summed E-state index contributed by atoms with van der Waals surface area (Å²) < 4.78 is 5.46. The van der Waals surface area contributed by atoms with Crippen molar-refractivity contribution in [3.05, 3.63) is 29.8 Å². The number of hydrogen-bond acceptors (Lipinski definition) is 3. The Morgan fingerprint density at radius 2 is 2.31 bits per heavy atom. The van der Waals surface area contributed by atoms with Gasteiger partial charge in [0.1, 0.15) is 12.4 Å². The van der Waals surface area contributed by atoms with E-state index in [0.29, 0.717) is 13.2 Å². The molecule has 0 aliphatic rings. The fourth-order valence-electron chi connectivity index (χ4n) is 1.21. The van der Waals surface area contributed by atoms with Crippen LogP contribution in [0, 0.1) is 6.92 Å². The second kappa shape index (κ2) is 6.12. The quantitative estimate of drug-likeness (QED) is 0.725. The van der Waals surface area contributed by atoms with Gasteiger partial charge in [-0.05, 0) is 31.5 Å². The first-order chi connectivity index (χ1) is 7.59. The number of ether oxygens (including phenoxy) is 1. The SMILES string of the molecule is Cc1cccc(OCCNC(=O)[C@@H](C)N)c1. The average molecular weight is 222 g/mol. The van der Waals surface area contributed by atoms with Crippen LogP contribution in [0.3, 0.4) is 0 Å². The molecule has 1 aromatic rings. The monoisotopic (exact) mass is 222 g/mol. The Balaban J connectivity index is 2.23. The van der Waals surface area contributed by atoms with Crippen LogP contribution in [0.2, 0.25) is 0 Å². The number of hydrogen-bond donors (Lipinski definition) is 2. The standard InChI is InChI=1S/C12H18N2O2/c1-9-4-3-5-11(8-9)16-7-6-14-12(15)10(2)13/h3-5,8,10H,6-7,13H2,1-2H3,(H,14,15)/t10-/m1/s1. The van der Waals surface area contributed by atoms with E-state index in [4.69, 9.17) is 10.5 Å².